The third-order valence-corrected chi connectivity index (χ3v) is 7.84. The molecule has 0 N–H and O–H groups in total. The zero-order valence-electron chi connectivity index (χ0n) is 26.7. The Kier molecular flexibility index (Phi) is 8.70. The number of pyridine rings is 1. The second-order valence-electron chi connectivity index (χ2n) is 12.3. The van der Waals surface area contributed by atoms with E-state index in [0.717, 1.165) is 27.8 Å². The zero-order valence-corrected chi connectivity index (χ0v) is 26.7. The summed E-state index contributed by atoms with van der Waals surface area (Å²) < 4.78 is 21.1. The van der Waals surface area contributed by atoms with Crippen LogP contribution in [0.25, 0.3) is 16.7 Å². The Hall–Kier alpha value is -5.25. The van der Waals surface area contributed by atoms with Gasteiger partial charge in [-0.2, -0.15) is 4.98 Å². The van der Waals surface area contributed by atoms with E-state index < -0.39 is 5.60 Å². The number of aryl methyl sites for hydroxylation is 1. The third kappa shape index (κ3) is 6.86. The number of fused-ring (bicyclic) bond motifs is 1. The van der Waals surface area contributed by atoms with E-state index in [-0.39, 0.29) is 18.4 Å². The van der Waals surface area contributed by atoms with Crippen molar-refractivity contribution < 1.29 is 19.0 Å². The summed E-state index contributed by atoms with van der Waals surface area (Å²) in [6.07, 6.45) is -0.294. The van der Waals surface area contributed by atoms with Gasteiger partial charge in [0, 0.05) is 45.0 Å². The molecule has 10 heteroatoms. The van der Waals surface area contributed by atoms with Crippen molar-refractivity contribution >= 4 is 22.8 Å². The molecular formula is C36H39N5O5. The number of anilines is 1. The first-order chi connectivity index (χ1) is 22.2. The summed E-state index contributed by atoms with van der Waals surface area (Å²) in [5.74, 6) is 0.697. The molecule has 6 rings (SSSR count). The summed E-state index contributed by atoms with van der Waals surface area (Å²) in [7, 11) is 1.76. The SMILES string of the molecule is Cn1c(=O)n(-c2ccc(OCc3ccccc3)nc2OCc2ccccc2)c2ccc(N3CCN(C(=O)OC(C)(C)C)CC3)cc21. The maximum Gasteiger partial charge on any atom is 0.410 e. The van der Waals surface area contributed by atoms with E-state index >= 15 is 0 Å². The average Bonchev–Trinajstić information content (AvgIpc) is 3.31. The van der Waals surface area contributed by atoms with Crippen LogP contribution in [0.2, 0.25) is 0 Å². The van der Waals surface area contributed by atoms with E-state index in [1.165, 1.54) is 0 Å². The first-order valence-electron chi connectivity index (χ1n) is 15.5. The molecule has 3 heterocycles. The van der Waals surface area contributed by atoms with Gasteiger partial charge in [0.15, 0.2) is 0 Å². The number of hydrogen-bond acceptors (Lipinski definition) is 7. The first-order valence-corrected chi connectivity index (χ1v) is 15.5. The molecular weight excluding hydrogens is 582 g/mol. The van der Waals surface area contributed by atoms with Gasteiger partial charge in [0.25, 0.3) is 0 Å². The van der Waals surface area contributed by atoms with Crippen LogP contribution in [0.3, 0.4) is 0 Å². The summed E-state index contributed by atoms with van der Waals surface area (Å²) >= 11 is 0. The lowest BCUT2D eigenvalue weighted by atomic mass is 10.2. The van der Waals surface area contributed by atoms with Crippen LogP contribution < -0.4 is 20.1 Å². The van der Waals surface area contributed by atoms with Crippen LogP contribution in [0.5, 0.6) is 11.8 Å². The van der Waals surface area contributed by atoms with Crippen molar-refractivity contribution in [3.8, 4) is 17.4 Å². The molecule has 1 aliphatic heterocycles. The molecule has 3 aromatic carbocycles. The minimum absolute atomic E-state index is 0.216. The van der Waals surface area contributed by atoms with Gasteiger partial charge in [-0.15, -0.1) is 0 Å². The Morgan fingerprint density at radius 3 is 2.04 bits per heavy atom. The van der Waals surface area contributed by atoms with Crippen molar-refractivity contribution in [1.29, 1.82) is 0 Å². The van der Waals surface area contributed by atoms with Gasteiger partial charge in [-0.25, -0.2) is 9.59 Å². The Labute approximate surface area is 268 Å². The molecule has 0 aliphatic carbocycles. The lowest BCUT2D eigenvalue weighted by Crippen LogP contribution is -2.50. The van der Waals surface area contributed by atoms with E-state index in [9.17, 15) is 9.59 Å². The maximum atomic E-state index is 13.8. The van der Waals surface area contributed by atoms with Gasteiger partial charge in [0.2, 0.25) is 11.8 Å². The predicted octanol–water partition coefficient (Wildman–Crippen LogP) is 5.94. The zero-order chi connectivity index (χ0) is 32.3. The Morgan fingerprint density at radius 1 is 0.783 bits per heavy atom. The molecule has 2 aromatic heterocycles. The molecule has 1 saturated heterocycles. The van der Waals surface area contributed by atoms with Crippen molar-refractivity contribution in [3.05, 3.63) is 113 Å². The second kappa shape index (κ2) is 13.0. The molecule has 0 spiro atoms. The number of carbonyl (C=O) groups is 1. The van der Waals surface area contributed by atoms with Crippen LogP contribution in [0.1, 0.15) is 31.9 Å². The number of benzene rings is 3. The largest absolute Gasteiger partial charge is 0.473 e. The lowest BCUT2D eigenvalue weighted by Gasteiger charge is -2.36. The lowest BCUT2D eigenvalue weighted by molar-refractivity contribution is 0.0240. The van der Waals surface area contributed by atoms with Crippen LogP contribution in [0.4, 0.5) is 10.5 Å². The molecule has 1 fully saturated rings. The van der Waals surface area contributed by atoms with Gasteiger partial charge in [-0.1, -0.05) is 60.7 Å². The quantitative estimate of drug-likeness (QED) is 0.212. The standard InChI is InChI=1S/C36H39N5O5/c1-36(2,3)46-35(43)40-21-19-39(20-22-40)28-15-16-29-31(23-28)38(4)34(42)41(29)30-17-18-32(44-24-26-11-7-5-8-12-26)37-33(30)45-25-27-13-9-6-10-14-27/h5-18,23H,19-22,24-25H2,1-4H3. The topological polar surface area (TPSA) is 91.1 Å². The Balaban J connectivity index is 1.28. The molecule has 238 valence electrons. The Bertz CT molecular complexity index is 1870. The fraction of sp³-hybridized carbons (Fsp3) is 0.306. The number of carbonyl (C=O) groups excluding carboxylic acids is 1. The molecule has 46 heavy (non-hydrogen) atoms. The highest BCUT2D eigenvalue weighted by atomic mass is 16.6. The third-order valence-electron chi connectivity index (χ3n) is 7.84. The number of imidazole rings is 1. The smallest absolute Gasteiger partial charge is 0.410 e. The highest BCUT2D eigenvalue weighted by Crippen LogP contribution is 2.30. The fourth-order valence-electron chi connectivity index (χ4n) is 5.46. The molecule has 1 aliphatic rings. The van der Waals surface area contributed by atoms with Gasteiger partial charge in [0.05, 0.1) is 11.0 Å². The minimum atomic E-state index is -0.533. The van der Waals surface area contributed by atoms with Crippen molar-refractivity contribution in [2.24, 2.45) is 7.05 Å². The summed E-state index contributed by atoms with van der Waals surface area (Å²) in [5, 5.41) is 0. The molecule has 0 atom stereocenters. The van der Waals surface area contributed by atoms with E-state index in [0.29, 0.717) is 50.2 Å². The van der Waals surface area contributed by atoms with Gasteiger partial charge in [-0.3, -0.25) is 9.13 Å². The maximum absolute atomic E-state index is 13.8. The van der Waals surface area contributed by atoms with Crippen LogP contribution in [-0.4, -0.2) is 56.9 Å². The fourth-order valence-corrected chi connectivity index (χ4v) is 5.46. The van der Waals surface area contributed by atoms with Gasteiger partial charge in [-0.05, 0) is 56.2 Å². The number of nitrogens with zero attached hydrogens (tertiary/aromatic N) is 5. The molecule has 10 nitrogen and oxygen atoms in total. The second-order valence-corrected chi connectivity index (χ2v) is 12.3. The summed E-state index contributed by atoms with van der Waals surface area (Å²) in [5.41, 5.74) is 4.26. The van der Waals surface area contributed by atoms with Crippen molar-refractivity contribution in [2.75, 3.05) is 31.1 Å². The van der Waals surface area contributed by atoms with Crippen molar-refractivity contribution in [1.82, 2.24) is 19.0 Å². The van der Waals surface area contributed by atoms with E-state index in [1.54, 1.807) is 27.1 Å². The summed E-state index contributed by atoms with van der Waals surface area (Å²) in [6, 6.07) is 29.3. The van der Waals surface area contributed by atoms with Crippen molar-refractivity contribution in [2.45, 2.75) is 39.6 Å². The monoisotopic (exact) mass is 621 g/mol. The highest BCUT2D eigenvalue weighted by molar-refractivity contribution is 5.82. The van der Waals surface area contributed by atoms with E-state index in [2.05, 4.69) is 4.90 Å². The van der Waals surface area contributed by atoms with Crippen LogP contribution in [0, 0.1) is 0 Å². The molecule has 0 saturated carbocycles. The Morgan fingerprint density at radius 2 is 1.41 bits per heavy atom. The van der Waals surface area contributed by atoms with E-state index in [1.807, 2.05) is 106 Å². The molecule has 0 bridgehead atoms. The number of rotatable bonds is 8. The number of aromatic nitrogens is 3. The number of amides is 1. The average molecular weight is 622 g/mol. The molecule has 0 unspecified atom stereocenters. The van der Waals surface area contributed by atoms with E-state index in [4.69, 9.17) is 19.2 Å². The van der Waals surface area contributed by atoms with Crippen LogP contribution >= 0.6 is 0 Å². The normalized spacial score (nSPS) is 13.6. The predicted molar refractivity (Wildman–Crippen MR) is 178 cm³/mol. The van der Waals surface area contributed by atoms with Gasteiger partial charge >= 0.3 is 11.8 Å². The van der Waals surface area contributed by atoms with Crippen LogP contribution in [-0.2, 0) is 25.0 Å². The molecule has 5 aromatic rings. The number of hydrogen-bond donors (Lipinski definition) is 0. The summed E-state index contributed by atoms with van der Waals surface area (Å²) in [4.78, 5) is 35.0. The van der Waals surface area contributed by atoms with Crippen molar-refractivity contribution in [3.63, 3.8) is 0 Å². The van der Waals surface area contributed by atoms with Gasteiger partial charge in [0.1, 0.15) is 24.5 Å². The molecule has 1 amide bonds. The summed E-state index contributed by atoms with van der Waals surface area (Å²) in [6.45, 7) is 8.67. The first kappa shape index (κ1) is 30.8. The number of ether oxygens (including phenoxy) is 3. The highest BCUT2D eigenvalue weighted by Gasteiger charge is 2.27. The minimum Gasteiger partial charge on any atom is -0.473 e. The number of piperazine rings is 1. The van der Waals surface area contributed by atoms with Crippen LogP contribution in [0.15, 0.2) is 95.8 Å². The molecule has 0 radical (unpaired) electrons. The van der Waals surface area contributed by atoms with Gasteiger partial charge < -0.3 is 24.0 Å².